The molecule has 0 amide bonds. The summed E-state index contributed by atoms with van der Waals surface area (Å²) in [4.78, 5) is 0. The minimum Gasteiger partial charge on any atom is -0.494 e. The molecule has 0 saturated carbocycles. The van der Waals surface area contributed by atoms with E-state index in [9.17, 15) is 0 Å². The average Bonchev–Trinajstić information content (AvgIpc) is 2.62. The van der Waals surface area contributed by atoms with Gasteiger partial charge in [-0.2, -0.15) is 0 Å². The van der Waals surface area contributed by atoms with Crippen LogP contribution in [0.3, 0.4) is 0 Å². The highest BCUT2D eigenvalue weighted by atomic mass is 33.1. The zero-order valence-corrected chi connectivity index (χ0v) is 18.5. The van der Waals surface area contributed by atoms with Crippen molar-refractivity contribution in [1.29, 1.82) is 0 Å². The molecule has 5 heteroatoms. The van der Waals surface area contributed by atoms with Gasteiger partial charge in [0.15, 0.2) is 0 Å². The Morgan fingerprint density at radius 1 is 0.923 bits per heavy atom. The summed E-state index contributed by atoms with van der Waals surface area (Å²) in [6, 6.07) is 10.1. The van der Waals surface area contributed by atoms with Crippen LogP contribution in [-0.4, -0.2) is 42.3 Å². The molecular formula is C21H36N2OS2. The van der Waals surface area contributed by atoms with Crippen molar-refractivity contribution in [2.75, 3.05) is 32.8 Å². The first-order chi connectivity index (χ1) is 12.4. The first-order valence-electron chi connectivity index (χ1n) is 9.82. The van der Waals surface area contributed by atoms with E-state index in [4.69, 9.17) is 4.74 Å². The van der Waals surface area contributed by atoms with Crippen LogP contribution in [0.5, 0.6) is 5.75 Å². The molecule has 1 aliphatic rings. The highest BCUT2D eigenvalue weighted by Gasteiger charge is 2.27. The van der Waals surface area contributed by atoms with Crippen molar-refractivity contribution < 1.29 is 4.74 Å². The first-order valence-corrected chi connectivity index (χ1v) is 12.0. The summed E-state index contributed by atoms with van der Waals surface area (Å²) in [6.45, 7) is 14.5. The molecule has 1 heterocycles. The summed E-state index contributed by atoms with van der Waals surface area (Å²) in [5, 5.41) is 7.42. The Morgan fingerprint density at radius 2 is 1.50 bits per heavy atom. The normalized spacial score (nSPS) is 21.7. The van der Waals surface area contributed by atoms with Gasteiger partial charge in [0, 0.05) is 22.6 Å². The Bertz CT molecular complexity index is 486. The number of hydrogen-bond acceptors (Lipinski definition) is 5. The molecule has 148 valence electrons. The largest absolute Gasteiger partial charge is 0.494 e. The van der Waals surface area contributed by atoms with E-state index in [0.29, 0.717) is 5.92 Å². The fourth-order valence-corrected chi connectivity index (χ4v) is 5.44. The minimum atomic E-state index is 0.264. The standard InChI is InChI=1S/C21H36N2OS2/c1-20(2)16-22-14-18(15-23-17-21(3,4)26-25-20)10-8-9-13-24-19-11-6-5-7-12-19/h5-7,11-12,18,22-23H,8-10,13-17H2,1-4H3. The Hall–Kier alpha value is -0.360. The van der Waals surface area contributed by atoms with E-state index in [2.05, 4.69) is 38.3 Å². The second-order valence-electron chi connectivity index (χ2n) is 8.47. The maximum absolute atomic E-state index is 5.81. The number of hydrogen-bond donors (Lipinski definition) is 2. The average molecular weight is 397 g/mol. The molecular weight excluding hydrogens is 360 g/mol. The monoisotopic (exact) mass is 396 g/mol. The molecule has 26 heavy (non-hydrogen) atoms. The second-order valence-corrected chi connectivity index (χ2v) is 12.0. The van der Waals surface area contributed by atoms with E-state index in [1.54, 1.807) is 0 Å². The molecule has 1 aromatic carbocycles. The lowest BCUT2D eigenvalue weighted by atomic mass is 10.0. The van der Waals surface area contributed by atoms with Crippen molar-refractivity contribution in [2.24, 2.45) is 5.92 Å². The quantitative estimate of drug-likeness (QED) is 0.523. The molecule has 0 aromatic heterocycles. The van der Waals surface area contributed by atoms with E-state index in [1.165, 1.54) is 12.8 Å². The molecule has 1 fully saturated rings. The molecule has 2 N–H and O–H groups in total. The lowest BCUT2D eigenvalue weighted by molar-refractivity contribution is 0.295. The van der Waals surface area contributed by atoms with Gasteiger partial charge < -0.3 is 15.4 Å². The molecule has 0 unspecified atom stereocenters. The number of ether oxygens (including phenoxy) is 1. The molecule has 1 aromatic rings. The Kier molecular flexibility index (Phi) is 9.15. The molecule has 1 aliphatic heterocycles. The van der Waals surface area contributed by atoms with Crippen molar-refractivity contribution in [3.05, 3.63) is 30.3 Å². The van der Waals surface area contributed by atoms with Crippen molar-refractivity contribution in [3.8, 4) is 5.75 Å². The highest BCUT2D eigenvalue weighted by molar-refractivity contribution is 8.77. The number of benzene rings is 1. The van der Waals surface area contributed by atoms with E-state index >= 15 is 0 Å². The Morgan fingerprint density at radius 3 is 2.08 bits per heavy atom. The van der Waals surface area contributed by atoms with Gasteiger partial charge in [0.2, 0.25) is 0 Å². The van der Waals surface area contributed by atoms with Crippen LogP contribution >= 0.6 is 21.6 Å². The van der Waals surface area contributed by atoms with Crippen LogP contribution in [0, 0.1) is 5.92 Å². The Balaban J connectivity index is 1.72. The van der Waals surface area contributed by atoms with E-state index in [-0.39, 0.29) is 9.49 Å². The summed E-state index contributed by atoms with van der Waals surface area (Å²) in [7, 11) is 4.03. The topological polar surface area (TPSA) is 33.3 Å². The molecule has 3 nitrogen and oxygen atoms in total. The van der Waals surface area contributed by atoms with Crippen molar-refractivity contribution in [2.45, 2.75) is 56.5 Å². The number of rotatable bonds is 6. The van der Waals surface area contributed by atoms with Crippen molar-refractivity contribution in [1.82, 2.24) is 10.6 Å². The third-order valence-electron chi connectivity index (χ3n) is 4.48. The zero-order chi connectivity index (χ0) is 18.9. The van der Waals surface area contributed by atoms with Gasteiger partial charge in [0.25, 0.3) is 0 Å². The molecule has 1 saturated heterocycles. The van der Waals surface area contributed by atoms with E-state index in [0.717, 1.165) is 45.0 Å². The summed E-state index contributed by atoms with van der Waals surface area (Å²) in [5.41, 5.74) is 0. The summed E-state index contributed by atoms with van der Waals surface area (Å²) < 4.78 is 6.34. The smallest absolute Gasteiger partial charge is 0.119 e. The van der Waals surface area contributed by atoms with Crippen molar-refractivity contribution in [3.63, 3.8) is 0 Å². The lowest BCUT2D eigenvalue weighted by Gasteiger charge is -2.29. The number of unbranched alkanes of at least 4 members (excludes halogenated alkanes) is 1. The van der Waals surface area contributed by atoms with Gasteiger partial charge in [0.1, 0.15) is 5.75 Å². The van der Waals surface area contributed by atoms with Crippen LogP contribution in [-0.2, 0) is 0 Å². The lowest BCUT2D eigenvalue weighted by Crippen LogP contribution is -2.38. The van der Waals surface area contributed by atoms with Crippen LogP contribution < -0.4 is 15.4 Å². The van der Waals surface area contributed by atoms with E-state index < -0.39 is 0 Å². The first kappa shape index (κ1) is 21.9. The Labute approximate surface area is 168 Å². The van der Waals surface area contributed by atoms with Crippen LogP contribution in [0.15, 0.2) is 30.3 Å². The molecule has 0 spiro atoms. The van der Waals surface area contributed by atoms with Gasteiger partial charge in [0.05, 0.1) is 6.61 Å². The fourth-order valence-electron chi connectivity index (χ4n) is 2.96. The molecule has 0 aliphatic carbocycles. The maximum atomic E-state index is 5.81. The predicted molar refractivity (Wildman–Crippen MR) is 118 cm³/mol. The fraction of sp³-hybridized carbons (Fsp3) is 0.714. The van der Waals surface area contributed by atoms with Crippen LogP contribution in [0.2, 0.25) is 0 Å². The zero-order valence-electron chi connectivity index (χ0n) is 16.8. The SMILES string of the molecule is CC1(C)CNCC(CCCCOc2ccccc2)CNCC(C)(C)SS1. The van der Waals surface area contributed by atoms with Gasteiger partial charge in [-0.15, -0.1) is 0 Å². The van der Waals surface area contributed by atoms with Gasteiger partial charge in [-0.3, -0.25) is 0 Å². The number of para-hydroxylation sites is 1. The predicted octanol–water partition coefficient (Wildman–Crippen LogP) is 4.98. The maximum Gasteiger partial charge on any atom is 0.119 e. The van der Waals surface area contributed by atoms with Gasteiger partial charge >= 0.3 is 0 Å². The minimum absolute atomic E-state index is 0.264. The van der Waals surface area contributed by atoms with Gasteiger partial charge in [-0.1, -0.05) is 39.8 Å². The third kappa shape index (κ3) is 9.03. The van der Waals surface area contributed by atoms with Gasteiger partial charge in [-0.05, 0) is 78.1 Å². The van der Waals surface area contributed by atoms with Crippen LogP contribution in [0.25, 0.3) is 0 Å². The number of nitrogens with one attached hydrogen (secondary N) is 2. The molecule has 2 rings (SSSR count). The molecule has 0 bridgehead atoms. The van der Waals surface area contributed by atoms with Crippen LogP contribution in [0.1, 0.15) is 47.0 Å². The second kappa shape index (κ2) is 10.8. The highest BCUT2D eigenvalue weighted by Crippen LogP contribution is 2.43. The third-order valence-corrected chi connectivity index (χ3v) is 8.71. The summed E-state index contributed by atoms with van der Waals surface area (Å²) in [6.07, 6.45) is 3.59. The van der Waals surface area contributed by atoms with Crippen molar-refractivity contribution >= 4 is 21.6 Å². The van der Waals surface area contributed by atoms with E-state index in [1.807, 2.05) is 51.9 Å². The van der Waals surface area contributed by atoms with Crippen LogP contribution in [0.4, 0.5) is 0 Å². The summed E-state index contributed by atoms with van der Waals surface area (Å²) in [5.74, 6) is 1.66. The van der Waals surface area contributed by atoms with Gasteiger partial charge in [-0.25, -0.2) is 0 Å². The molecule has 0 atom stereocenters. The summed E-state index contributed by atoms with van der Waals surface area (Å²) >= 11 is 0. The molecule has 0 radical (unpaired) electrons.